The molecule has 0 bridgehead atoms. The normalized spacial score (nSPS) is 14.0. The quantitative estimate of drug-likeness (QED) is 0.791. The molecule has 0 saturated heterocycles. The van der Waals surface area contributed by atoms with Gasteiger partial charge < -0.3 is 5.32 Å². The van der Waals surface area contributed by atoms with Crippen molar-refractivity contribution in [3.8, 4) is 11.3 Å². The van der Waals surface area contributed by atoms with E-state index >= 15 is 0 Å². The lowest BCUT2D eigenvalue weighted by atomic mass is 10.0. The SMILES string of the molecule is Cc1ccc2nc(-c3ccccc3)cc(C(=O)NC3CC3)c2c1. The number of nitrogens with one attached hydrogen (secondary N) is 1. The molecule has 23 heavy (non-hydrogen) atoms. The van der Waals surface area contributed by atoms with Gasteiger partial charge >= 0.3 is 0 Å². The molecule has 1 aliphatic rings. The van der Waals surface area contributed by atoms with E-state index in [-0.39, 0.29) is 5.91 Å². The molecule has 114 valence electrons. The molecule has 0 aliphatic heterocycles. The minimum Gasteiger partial charge on any atom is -0.349 e. The molecule has 1 N–H and O–H groups in total. The van der Waals surface area contributed by atoms with Crippen molar-refractivity contribution < 1.29 is 4.79 Å². The number of aromatic nitrogens is 1. The largest absolute Gasteiger partial charge is 0.349 e. The molecule has 2 aromatic carbocycles. The van der Waals surface area contributed by atoms with Gasteiger partial charge in [0.25, 0.3) is 5.91 Å². The van der Waals surface area contributed by atoms with Gasteiger partial charge in [-0.15, -0.1) is 0 Å². The van der Waals surface area contributed by atoms with Crippen LogP contribution in [0.1, 0.15) is 28.8 Å². The zero-order chi connectivity index (χ0) is 15.8. The molecule has 1 aliphatic carbocycles. The molecule has 1 saturated carbocycles. The summed E-state index contributed by atoms with van der Waals surface area (Å²) in [5.74, 6) is 0.00248. The molecule has 0 spiro atoms. The van der Waals surface area contributed by atoms with E-state index in [9.17, 15) is 4.79 Å². The molecular weight excluding hydrogens is 284 g/mol. The van der Waals surface area contributed by atoms with Crippen LogP contribution in [0.15, 0.2) is 54.6 Å². The van der Waals surface area contributed by atoms with Crippen LogP contribution in [0.5, 0.6) is 0 Å². The summed E-state index contributed by atoms with van der Waals surface area (Å²) in [5, 5.41) is 4.01. The third-order valence-corrected chi connectivity index (χ3v) is 4.19. The number of fused-ring (bicyclic) bond motifs is 1. The van der Waals surface area contributed by atoms with E-state index < -0.39 is 0 Å². The summed E-state index contributed by atoms with van der Waals surface area (Å²) in [6.07, 6.45) is 2.17. The molecule has 3 heteroatoms. The molecule has 0 radical (unpaired) electrons. The number of carbonyl (C=O) groups excluding carboxylic acids is 1. The van der Waals surface area contributed by atoms with Crippen LogP contribution in [0.25, 0.3) is 22.2 Å². The summed E-state index contributed by atoms with van der Waals surface area (Å²) in [4.78, 5) is 17.4. The first kappa shape index (κ1) is 13.9. The van der Waals surface area contributed by atoms with Crippen molar-refractivity contribution >= 4 is 16.8 Å². The molecule has 1 fully saturated rings. The topological polar surface area (TPSA) is 42.0 Å². The monoisotopic (exact) mass is 302 g/mol. The van der Waals surface area contributed by atoms with Gasteiger partial charge in [0, 0.05) is 17.0 Å². The van der Waals surface area contributed by atoms with Crippen LogP contribution in [0.3, 0.4) is 0 Å². The Balaban J connectivity index is 1.89. The average molecular weight is 302 g/mol. The number of benzene rings is 2. The van der Waals surface area contributed by atoms with E-state index in [1.807, 2.05) is 61.5 Å². The van der Waals surface area contributed by atoms with Gasteiger partial charge in [-0.05, 0) is 38.0 Å². The van der Waals surface area contributed by atoms with E-state index in [1.54, 1.807) is 0 Å². The van der Waals surface area contributed by atoms with Gasteiger partial charge in [0.2, 0.25) is 0 Å². The van der Waals surface area contributed by atoms with Gasteiger partial charge in [-0.2, -0.15) is 0 Å². The zero-order valence-corrected chi connectivity index (χ0v) is 13.0. The van der Waals surface area contributed by atoms with Crippen LogP contribution >= 0.6 is 0 Å². The number of aryl methyl sites for hydroxylation is 1. The molecule has 1 amide bonds. The van der Waals surface area contributed by atoms with Gasteiger partial charge in [-0.1, -0.05) is 42.0 Å². The summed E-state index contributed by atoms with van der Waals surface area (Å²) in [6, 6.07) is 18.3. The number of carbonyl (C=O) groups is 1. The average Bonchev–Trinajstić information content (AvgIpc) is 3.38. The van der Waals surface area contributed by atoms with Crippen molar-refractivity contribution in [2.45, 2.75) is 25.8 Å². The van der Waals surface area contributed by atoms with Crippen molar-refractivity contribution in [2.75, 3.05) is 0 Å². The summed E-state index contributed by atoms with van der Waals surface area (Å²) >= 11 is 0. The second kappa shape index (κ2) is 5.51. The van der Waals surface area contributed by atoms with Crippen molar-refractivity contribution in [3.63, 3.8) is 0 Å². The summed E-state index contributed by atoms with van der Waals surface area (Å²) < 4.78 is 0. The molecule has 0 atom stereocenters. The molecule has 3 nitrogen and oxygen atoms in total. The maximum absolute atomic E-state index is 12.7. The van der Waals surface area contributed by atoms with E-state index in [2.05, 4.69) is 5.32 Å². The molecular formula is C20H18N2O. The van der Waals surface area contributed by atoms with Crippen molar-refractivity contribution in [2.24, 2.45) is 0 Å². The lowest BCUT2D eigenvalue weighted by Crippen LogP contribution is -2.25. The van der Waals surface area contributed by atoms with Crippen molar-refractivity contribution in [3.05, 3.63) is 65.7 Å². The summed E-state index contributed by atoms with van der Waals surface area (Å²) in [7, 11) is 0. The predicted octanol–water partition coefficient (Wildman–Crippen LogP) is 4.10. The number of amides is 1. The predicted molar refractivity (Wildman–Crippen MR) is 92.4 cm³/mol. The Morgan fingerprint density at radius 2 is 1.87 bits per heavy atom. The molecule has 0 unspecified atom stereocenters. The highest BCUT2D eigenvalue weighted by atomic mass is 16.1. The Labute approximate surface area is 135 Å². The number of nitrogens with zero attached hydrogens (tertiary/aromatic N) is 1. The Bertz CT molecular complexity index is 883. The third-order valence-electron chi connectivity index (χ3n) is 4.19. The maximum atomic E-state index is 12.7. The highest BCUT2D eigenvalue weighted by molar-refractivity contribution is 6.07. The van der Waals surface area contributed by atoms with Crippen LogP contribution in [0.2, 0.25) is 0 Å². The Morgan fingerprint density at radius 1 is 1.09 bits per heavy atom. The first-order valence-corrected chi connectivity index (χ1v) is 7.98. The smallest absolute Gasteiger partial charge is 0.252 e. The highest BCUT2D eigenvalue weighted by Gasteiger charge is 2.25. The van der Waals surface area contributed by atoms with E-state index in [4.69, 9.17) is 4.98 Å². The van der Waals surface area contributed by atoms with E-state index in [0.29, 0.717) is 11.6 Å². The van der Waals surface area contributed by atoms with Crippen LogP contribution in [0, 0.1) is 6.92 Å². The fraction of sp³-hybridized carbons (Fsp3) is 0.200. The van der Waals surface area contributed by atoms with Gasteiger partial charge in [0.05, 0.1) is 16.8 Å². The number of hydrogen-bond donors (Lipinski definition) is 1. The fourth-order valence-corrected chi connectivity index (χ4v) is 2.78. The number of hydrogen-bond acceptors (Lipinski definition) is 2. The Morgan fingerprint density at radius 3 is 2.61 bits per heavy atom. The van der Waals surface area contributed by atoms with Crippen LogP contribution in [0.4, 0.5) is 0 Å². The van der Waals surface area contributed by atoms with Crippen LogP contribution in [-0.4, -0.2) is 16.9 Å². The van der Waals surface area contributed by atoms with Gasteiger partial charge in [-0.3, -0.25) is 4.79 Å². The lowest BCUT2D eigenvalue weighted by Gasteiger charge is -2.11. The van der Waals surface area contributed by atoms with Gasteiger partial charge in [-0.25, -0.2) is 4.98 Å². The van der Waals surface area contributed by atoms with Crippen molar-refractivity contribution in [1.29, 1.82) is 0 Å². The van der Waals surface area contributed by atoms with Crippen molar-refractivity contribution in [1.82, 2.24) is 10.3 Å². The molecule has 4 rings (SSSR count). The van der Waals surface area contributed by atoms with Crippen LogP contribution in [-0.2, 0) is 0 Å². The lowest BCUT2D eigenvalue weighted by molar-refractivity contribution is 0.0952. The van der Waals surface area contributed by atoms with E-state index in [1.165, 1.54) is 0 Å². The molecule has 1 aromatic heterocycles. The number of pyridine rings is 1. The Hall–Kier alpha value is -2.68. The first-order chi connectivity index (χ1) is 11.2. The third kappa shape index (κ3) is 2.82. The van der Waals surface area contributed by atoms with E-state index in [0.717, 1.165) is 40.6 Å². The first-order valence-electron chi connectivity index (χ1n) is 7.98. The van der Waals surface area contributed by atoms with Gasteiger partial charge in [0.1, 0.15) is 0 Å². The fourth-order valence-electron chi connectivity index (χ4n) is 2.78. The second-order valence-electron chi connectivity index (χ2n) is 6.19. The maximum Gasteiger partial charge on any atom is 0.252 e. The minimum atomic E-state index is 0.00248. The Kier molecular flexibility index (Phi) is 3.34. The standard InChI is InChI=1S/C20H18N2O/c1-13-7-10-18-16(11-13)17(20(23)21-15-8-9-15)12-19(22-18)14-5-3-2-4-6-14/h2-7,10-12,15H,8-9H2,1H3,(H,21,23). The zero-order valence-electron chi connectivity index (χ0n) is 13.0. The summed E-state index contributed by atoms with van der Waals surface area (Å²) in [6.45, 7) is 2.03. The number of rotatable bonds is 3. The minimum absolute atomic E-state index is 0.00248. The van der Waals surface area contributed by atoms with Gasteiger partial charge in [0.15, 0.2) is 0 Å². The highest BCUT2D eigenvalue weighted by Crippen LogP contribution is 2.27. The second-order valence-corrected chi connectivity index (χ2v) is 6.19. The summed E-state index contributed by atoms with van der Waals surface area (Å²) in [5.41, 5.74) is 4.56. The van der Waals surface area contributed by atoms with Crippen LogP contribution < -0.4 is 5.32 Å². The molecule has 1 heterocycles. The molecule has 3 aromatic rings.